The van der Waals surface area contributed by atoms with Gasteiger partial charge in [-0.3, -0.25) is 4.79 Å². The maximum atomic E-state index is 11.2. The molecule has 2 unspecified atom stereocenters. The van der Waals surface area contributed by atoms with Crippen LogP contribution in [0.25, 0.3) is 0 Å². The summed E-state index contributed by atoms with van der Waals surface area (Å²) in [6.45, 7) is 3.01. The summed E-state index contributed by atoms with van der Waals surface area (Å²) in [5, 5.41) is 2.90. The van der Waals surface area contributed by atoms with Gasteiger partial charge in [0.15, 0.2) is 0 Å². The molecule has 1 saturated heterocycles. The third-order valence-corrected chi connectivity index (χ3v) is 2.72. The predicted molar refractivity (Wildman–Crippen MR) is 43.0 cm³/mol. The third kappa shape index (κ3) is 1.06. The molecule has 0 spiro atoms. The Morgan fingerprint density at radius 2 is 2.45 bits per heavy atom. The second kappa shape index (κ2) is 2.36. The maximum absolute atomic E-state index is 11.2. The molecule has 11 heavy (non-hydrogen) atoms. The highest BCUT2D eigenvalue weighted by Crippen LogP contribution is 2.31. The number of nitrogens with one attached hydrogen (secondary N) is 1. The van der Waals surface area contributed by atoms with Crippen LogP contribution in [-0.2, 0) is 4.79 Å². The van der Waals surface area contributed by atoms with Gasteiger partial charge in [0.2, 0.25) is 5.91 Å². The smallest absolute Gasteiger partial charge is 0.227 e. The van der Waals surface area contributed by atoms with Crippen LogP contribution in [0.1, 0.15) is 19.8 Å². The average Bonchev–Trinajstić information content (AvgIpc) is 2.33. The second-order valence-electron chi connectivity index (χ2n) is 3.58. The molecule has 0 bridgehead atoms. The van der Waals surface area contributed by atoms with Gasteiger partial charge in [-0.25, -0.2) is 0 Å². The Bertz CT molecular complexity index is 220. The molecule has 0 aromatic rings. The van der Waals surface area contributed by atoms with Crippen molar-refractivity contribution in [3.8, 4) is 0 Å². The van der Waals surface area contributed by atoms with Gasteiger partial charge >= 0.3 is 0 Å². The van der Waals surface area contributed by atoms with Gasteiger partial charge in [-0.2, -0.15) is 0 Å². The first-order chi connectivity index (χ1) is 5.27. The molecule has 2 aliphatic rings. The van der Waals surface area contributed by atoms with Gasteiger partial charge in [-0.05, 0) is 25.7 Å². The summed E-state index contributed by atoms with van der Waals surface area (Å²) in [6.07, 6.45) is 4.50. The zero-order valence-electron chi connectivity index (χ0n) is 6.76. The van der Waals surface area contributed by atoms with E-state index in [2.05, 4.69) is 18.3 Å². The van der Waals surface area contributed by atoms with Crippen LogP contribution < -0.4 is 5.32 Å². The minimum Gasteiger partial charge on any atom is -0.355 e. The molecular weight excluding hydrogens is 138 g/mol. The lowest BCUT2D eigenvalue weighted by molar-refractivity contribution is -0.121. The zero-order valence-corrected chi connectivity index (χ0v) is 6.76. The highest BCUT2D eigenvalue weighted by molar-refractivity contribution is 5.83. The number of carbonyl (C=O) groups excluding carboxylic acids is 1. The second-order valence-corrected chi connectivity index (χ2v) is 3.58. The summed E-state index contributed by atoms with van der Waals surface area (Å²) >= 11 is 0. The Morgan fingerprint density at radius 1 is 1.64 bits per heavy atom. The van der Waals surface area contributed by atoms with Crippen LogP contribution in [0.15, 0.2) is 11.6 Å². The fourth-order valence-electron chi connectivity index (χ4n) is 1.99. The average molecular weight is 151 g/mol. The van der Waals surface area contributed by atoms with Crippen LogP contribution in [-0.4, -0.2) is 12.5 Å². The van der Waals surface area contributed by atoms with Crippen molar-refractivity contribution in [3.05, 3.63) is 11.6 Å². The number of amides is 1. The Morgan fingerprint density at radius 3 is 3.27 bits per heavy atom. The van der Waals surface area contributed by atoms with Gasteiger partial charge < -0.3 is 5.32 Å². The molecule has 1 aliphatic carbocycles. The summed E-state index contributed by atoms with van der Waals surface area (Å²) in [6, 6.07) is 0. The Labute approximate surface area is 66.7 Å². The molecule has 2 atom stereocenters. The summed E-state index contributed by atoms with van der Waals surface area (Å²) in [4.78, 5) is 11.2. The number of rotatable bonds is 0. The first-order valence-electron chi connectivity index (χ1n) is 4.22. The molecule has 1 heterocycles. The molecule has 0 aromatic carbocycles. The highest BCUT2D eigenvalue weighted by Gasteiger charge is 2.34. The standard InChI is InChI=1S/C9H13NO/c1-6-2-3-7-5-10-9(11)8(7)4-6/h4,7-8H,2-3,5H2,1H3,(H,10,11). The van der Waals surface area contributed by atoms with Crippen LogP contribution in [0.5, 0.6) is 0 Å². The number of hydrogen-bond donors (Lipinski definition) is 1. The van der Waals surface area contributed by atoms with E-state index in [1.54, 1.807) is 0 Å². The van der Waals surface area contributed by atoms with E-state index in [1.165, 1.54) is 18.4 Å². The Balaban J connectivity index is 2.23. The highest BCUT2D eigenvalue weighted by atomic mass is 16.2. The first kappa shape index (κ1) is 6.89. The van der Waals surface area contributed by atoms with Crippen molar-refractivity contribution in [1.29, 1.82) is 0 Å². The molecule has 0 radical (unpaired) electrons. The van der Waals surface area contributed by atoms with Gasteiger partial charge in [0.25, 0.3) is 0 Å². The Kier molecular flexibility index (Phi) is 1.48. The molecule has 2 nitrogen and oxygen atoms in total. The molecule has 1 aliphatic heterocycles. The van der Waals surface area contributed by atoms with E-state index in [9.17, 15) is 4.79 Å². The van der Waals surface area contributed by atoms with E-state index in [0.29, 0.717) is 5.92 Å². The predicted octanol–water partition coefficient (Wildman–Crippen LogP) is 1.09. The lowest BCUT2D eigenvalue weighted by Crippen LogP contribution is -2.19. The molecule has 0 aromatic heterocycles. The van der Waals surface area contributed by atoms with Crippen LogP contribution >= 0.6 is 0 Å². The summed E-state index contributed by atoms with van der Waals surface area (Å²) in [5.74, 6) is 1.02. The quantitative estimate of drug-likeness (QED) is 0.516. The van der Waals surface area contributed by atoms with Crippen LogP contribution in [0.2, 0.25) is 0 Å². The van der Waals surface area contributed by atoms with Gasteiger partial charge in [0.1, 0.15) is 0 Å². The van der Waals surface area contributed by atoms with E-state index < -0.39 is 0 Å². The summed E-state index contributed by atoms with van der Waals surface area (Å²) in [7, 11) is 0. The number of allylic oxidation sites excluding steroid dienone is 1. The lowest BCUT2D eigenvalue weighted by atomic mass is 9.83. The van der Waals surface area contributed by atoms with E-state index in [1.807, 2.05) is 0 Å². The normalized spacial score (nSPS) is 36.1. The number of hydrogen-bond acceptors (Lipinski definition) is 1. The number of fused-ring (bicyclic) bond motifs is 1. The van der Waals surface area contributed by atoms with E-state index >= 15 is 0 Å². The van der Waals surface area contributed by atoms with Crippen LogP contribution in [0.4, 0.5) is 0 Å². The fraction of sp³-hybridized carbons (Fsp3) is 0.667. The van der Waals surface area contributed by atoms with Gasteiger partial charge in [-0.15, -0.1) is 0 Å². The molecule has 1 N–H and O–H groups in total. The molecule has 0 saturated carbocycles. The maximum Gasteiger partial charge on any atom is 0.227 e. The Hall–Kier alpha value is -0.790. The van der Waals surface area contributed by atoms with Crippen molar-refractivity contribution in [2.75, 3.05) is 6.54 Å². The summed E-state index contributed by atoms with van der Waals surface area (Å²) < 4.78 is 0. The first-order valence-corrected chi connectivity index (χ1v) is 4.22. The minimum absolute atomic E-state index is 0.198. The molecule has 1 fully saturated rings. The van der Waals surface area contributed by atoms with Crippen molar-refractivity contribution < 1.29 is 4.79 Å². The van der Waals surface area contributed by atoms with Crippen LogP contribution in [0, 0.1) is 11.8 Å². The van der Waals surface area contributed by atoms with E-state index in [4.69, 9.17) is 0 Å². The SMILES string of the molecule is CC1=CC2C(=O)NCC2CC1. The molecule has 60 valence electrons. The zero-order chi connectivity index (χ0) is 7.84. The van der Waals surface area contributed by atoms with Crippen molar-refractivity contribution >= 4 is 5.91 Å². The summed E-state index contributed by atoms with van der Waals surface area (Å²) in [5.41, 5.74) is 1.38. The molecule has 2 rings (SSSR count). The van der Waals surface area contributed by atoms with Crippen molar-refractivity contribution in [2.45, 2.75) is 19.8 Å². The van der Waals surface area contributed by atoms with Crippen molar-refractivity contribution in [1.82, 2.24) is 5.32 Å². The number of carbonyl (C=O) groups is 1. The monoisotopic (exact) mass is 151 g/mol. The van der Waals surface area contributed by atoms with Gasteiger partial charge in [-0.1, -0.05) is 11.6 Å². The topological polar surface area (TPSA) is 29.1 Å². The van der Waals surface area contributed by atoms with E-state index in [0.717, 1.165) is 6.54 Å². The van der Waals surface area contributed by atoms with E-state index in [-0.39, 0.29) is 11.8 Å². The van der Waals surface area contributed by atoms with Crippen molar-refractivity contribution in [3.63, 3.8) is 0 Å². The van der Waals surface area contributed by atoms with Gasteiger partial charge in [0.05, 0.1) is 5.92 Å². The minimum atomic E-state index is 0.198. The van der Waals surface area contributed by atoms with Gasteiger partial charge in [0, 0.05) is 6.54 Å². The molecule has 1 amide bonds. The third-order valence-electron chi connectivity index (χ3n) is 2.72. The lowest BCUT2D eigenvalue weighted by Gasteiger charge is -2.19. The molecule has 2 heteroatoms. The largest absolute Gasteiger partial charge is 0.355 e. The van der Waals surface area contributed by atoms with Crippen LogP contribution in [0.3, 0.4) is 0 Å². The molecular formula is C9H13NO. The van der Waals surface area contributed by atoms with Crippen molar-refractivity contribution in [2.24, 2.45) is 11.8 Å². The fourth-order valence-corrected chi connectivity index (χ4v) is 1.99.